The van der Waals surface area contributed by atoms with Gasteiger partial charge in [0, 0.05) is 31.4 Å². The Morgan fingerprint density at radius 2 is 1.81 bits per heavy atom. The molecule has 0 amide bonds. The molecule has 3 heteroatoms. The van der Waals surface area contributed by atoms with Gasteiger partial charge in [0.2, 0.25) is 0 Å². The van der Waals surface area contributed by atoms with Gasteiger partial charge in [-0.2, -0.15) is 0 Å². The Kier molecular flexibility index (Phi) is 5.11. The molecule has 1 heterocycles. The molecular weight excluding hydrogens is 268 g/mol. The zero-order valence-corrected chi connectivity index (χ0v) is 11.6. The van der Waals surface area contributed by atoms with E-state index in [0.29, 0.717) is 0 Å². The molecule has 1 aliphatic heterocycles. The molecular formula is C13H23BrO2. The van der Waals surface area contributed by atoms with E-state index in [2.05, 4.69) is 15.9 Å². The Bertz CT molecular complexity index is 196. The van der Waals surface area contributed by atoms with Gasteiger partial charge in [0.25, 0.3) is 0 Å². The number of hydrogen-bond donors (Lipinski definition) is 0. The SMILES string of the molecule is BrCC1(OCC2CCCCC2)CCOCC1. The Morgan fingerprint density at radius 3 is 2.44 bits per heavy atom. The van der Waals surface area contributed by atoms with Gasteiger partial charge in [0.05, 0.1) is 12.2 Å². The fourth-order valence-corrected chi connectivity index (χ4v) is 3.43. The largest absolute Gasteiger partial charge is 0.381 e. The number of ether oxygens (including phenoxy) is 2. The van der Waals surface area contributed by atoms with Gasteiger partial charge in [0.1, 0.15) is 0 Å². The second-order valence-electron chi connectivity index (χ2n) is 5.24. The molecule has 0 atom stereocenters. The predicted octanol–water partition coefficient (Wildman–Crippen LogP) is 3.53. The number of hydrogen-bond acceptors (Lipinski definition) is 2. The van der Waals surface area contributed by atoms with Crippen LogP contribution in [0.4, 0.5) is 0 Å². The third kappa shape index (κ3) is 3.44. The smallest absolute Gasteiger partial charge is 0.0822 e. The Balaban J connectivity index is 1.77. The van der Waals surface area contributed by atoms with E-state index < -0.39 is 0 Å². The van der Waals surface area contributed by atoms with E-state index in [9.17, 15) is 0 Å². The molecule has 0 aromatic carbocycles. The van der Waals surface area contributed by atoms with Crippen molar-refractivity contribution in [3.63, 3.8) is 0 Å². The summed E-state index contributed by atoms with van der Waals surface area (Å²) < 4.78 is 11.6. The van der Waals surface area contributed by atoms with E-state index in [1.165, 1.54) is 32.1 Å². The van der Waals surface area contributed by atoms with Gasteiger partial charge in [-0.3, -0.25) is 0 Å². The van der Waals surface area contributed by atoms with E-state index in [1.807, 2.05) is 0 Å². The molecule has 1 saturated carbocycles. The minimum atomic E-state index is 0.0652. The fraction of sp³-hybridized carbons (Fsp3) is 1.00. The highest BCUT2D eigenvalue weighted by Gasteiger charge is 2.33. The van der Waals surface area contributed by atoms with Gasteiger partial charge >= 0.3 is 0 Å². The number of halogens is 1. The molecule has 0 spiro atoms. The van der Waals surface area contributed by atoms with Gasteiger partial charge in [-0.1, -0.05) is 35.2 Å². The maximum Gasteiger partial charge on any atom is 0.0822 e. The van der Waals surface area contributed by atoms with Crippen molar-refractivity contribution < 1.29 is 9.47 Å². The first kappa shape index (κ1) is 12.8. The van der Waals surface area contributed by atoms with E-state index in [-0.39, 0.29) is 5.60 Å². The molecule has 2 aliphatic rings. The molecule has 0 aromatic heterocycles. The van der Waals surface area contributed by atoms with E-state index in [0.717, 1.165) is 43.9 Å². The van der Waals surface area contributed by atoms with Crippen molar-refractivity contribution in [3.05, 3.63) is 0 Å². The highest BCUT2D eigenvalue weighted by molar-refractivity contribution is 9.09. The average molecular weight is 291 g/mol. The van der Waals surface area contributed by atoms with Crippen LogP contribution in [-0.4, -0.2) is 30.8 Å². The lowest BCUT2D eigenvalue weighted by Gasteiger charge is -2.37. The Morgan fingerprint density at radius 1 is 1.12 bits per heavy atom. The summed E-state index contributed by atoms with van der Waals surface area (Å²) in [4.78, 5) is 0. The van der Waals surface area contributed by atoms with Crippen molar-refractivity contribution in [1.82, 2.24) is 0 Å². The van der Waals surface area contributed by atoms with Crippen LogP contribution in [0, 0.1) is 5.92 Å². The van der Waals surface area contributed by atoms with Gasteiger partial charge in [-0.15, -0.1) is 0 Å². The summed E-state index contributed by atoms with van der Waals surface area (Å²) in [6, 6.07) is 0. The van der Waals surface area contributed by atoms with Crippen LogP contribution in [0.1, 0.15) is 44.9 Å². The summed E-state index contributed by atoms with van der Waals surface area (Å²) in [6.07, 6.45) is 9.06. The molecule has 0 N–H and O–H groups in total. The van der Waals surface area contributed by atoms with Crippen molar-refractivity contribution >= 4 is 15.9 Å². The molecule has 94 valence electrons. The third-order valence-electron chi connectivity index (χ3n) is 4.00. The van der Waals surface area contributed by atoms with E-state index in [4.69, 9.17) is 9.47 Å². The van der Waals surface area contributed by atoms with E-state index >= 15 is 0 Å². The van der Waals surface area contributed by atoms with Crippen LogP contribution < -0.4 is 0 Å². The van der Waals surface area contributed by atoms with Gasteiger partial charge < -0.3 is 9.47 Å². The summed E-state index contributed by atoms with van der Waals surface area (Å²) in [6.45, 7) is 2.68. The van der Waals surface area contributed by atoms with E-state index in [1.54, 1.807) is 0 Å². The van der Waals surface area contributed by atoms with Crippen LogP contribution in [0.15, 0.2) is 0 Å². The summed E-state index contributed by atoms with van der Waals surface area (Å²) in [5, 5.41) is 0.954. The Hall–Kier alpha value is 0.400. The van der Waals surface area contributed by atoms with Crippen LogP contribution in [-0.2, 0) is 9.47 Å². The normalized spacial score (nSPS) is 26.8. The zero-order chi connectivity index (χ0) is 11.3. The quantitative estimate of drug-likeness (QED) is 0.738. The first-order chi connectivity index (χ1) is 7.85. The van der Waals surface area contributed by atoms with Crippen LogP contribution in [0.3, 0.4) is 0 Å². The standard InChI is InChI=1S/C13H23BrO2/c14-11-13(6-8-15-9-7-13)16-10-12-4-2-1-3-5-12/h12H,1-11H2. The van der Waals surface area contributed by atoms with Crippen molar-refractivity contribution in [2.45, 2.75) is 50.5 Å². The van der Waals surface area contributed by atoms with Crippen molar-refractivity contribution in [1.29, 1.82) is 0 Å². The van der Waals surface area contributed by atoms with Crippen LogP contribution >= 0.6 is 15.9 Å². The molecule has 1 saturated heterocycles. The summed E-state index contributed by atoms with van der Waals surface area (Å²) in [7, 11) is 0. The Labute approximate surface area is 107 Å². The van der Waals surface area contributed by atoms with Crippen molar-refractivity contribution in [2.75, 3.05) is 25.2 Å². The molecule has 16 heavy (non-hydrogen) atoms. The molecule has 2 nitrogen and oxygen atoms in total. The topological polar surface area (TPSA) is 18.5 Å². The molecule has 0 bridgehead atoms. The minimum absolute atomic E-state index is 0.0652. The fourth-order valence-electron chi connectivity index (χ4n) is 2.71. The number of alkyl halides is 1. The van der Waals surface area contributed by atoms with Gasteiger partial charge in [0.15, 0.2) is 0 Å². The molecule has 0 aromatic rings. The average Bonchev–Trinajstić information content (AvgIpc) is 2.39. The molecule has 0 unspecified atom stereocenters. The highest BCUT2D eigenvalue weighted by Crippen LogP contribution is 2.30. The highest BCUT2D eigenvalue weighted by atomic mass is 79.9. The number of rotatable bonds is 4. The maximum absolute atomic E-state index is 6.23. The molecule has 1 aliphatic carbocycles. The van der Waals surface area contributed by atoms with Crippen LogP contribution in [0.2, 0.25) is 0 Å². The summed E-state index contributed by atoms with van der Waals surface area (Å²) in [5.74, 6) is 0.813. The second kappa shape index (κ2) is 6.36. The lowest BCUT2D eigenvalue weighted by Crippen LogP contribution is -2.42. The monoisotopic (exact) mass is 290 g/mol. The summed E-state index contributed by atoms with van der Waals surface area (Å²) in [5.41, 5.74) is 0.0652. The van der Waals surface area contributed by atoms with Crippen LogP contribution in [0.25, 0.3) is 0 Å². The molecule has 2 rings (SSSR count). The summed E-state index contributed by atoms with van der Waals surface area (Å²) >= 11 is 3.61. The first-order valence-electron chi connectivity index (χ1n) is 6.62. The van der Waals surface area contributed by atoms with Crippen LogP contribution in [0.5, 0.6) is 0 Å². The second-order valence-corrected chi connectivity index (χ2v) is 5.80. The van der Waals surface area contributed by atoms with Gasteiger partial charge in [-0.25, -0.2) is 0 Å². The van der Waals surface area contributed by atoms with Gasteiger partial charge in [-0.05, 0) is 18.8 Å². The maximum atomic E-state index is 6.23. The predicted molar refractivity (Wildman–Crippen MR) is 69.1 cm³/mol. The van der Waals surface area contributed by atoms with Crippen molar-refractivity contribution in [2.24, 2.45) is 5.92 Å². The minimum Gasteiger partial charge on any atom is -0.381 e. The lowest BCUT2D eigenvalue weighted by atomic mass is 9.89. The zero-order valence-electron chi connectivity index (χ0n) is 10.0. The first-order valence-corrected chi connectivity index (χ1v) is 7.74. The lowest BCUT2D eigenvalue weighted by molar-refractivity contribution is -0.107. The molecule has 0 radical (unpaired) electrons. The van der Waals surface area contributed by atoms with Crippen molar-refractivity contribution in [3.8, 4) is 0 Å². The molecule has 2 fully saturated rings. The third-order valence-corrected chi connectivity index (χ3v) is 5.02.